The van der Waals surface area contributed by atoms with Crippen molar-refractivity contribution in [3.8, 4) is 11.5 Å². The van der Waals surface area contributed by atoms with Crippen LogP contribution in [0.2, 0.25) is 5.02 Å². The molecule has 0 aliphatic carbocycles. The molecule has 2 aromatic carbocycles. The lowest BCUT2D eigenvalue weighted by molar-refractivity contribution is 0.102. The first-order valence-electron chi connectivity index (χ1n) is 6.93. The molecule has 0 atom stereocenters. The molecule has 1 amide bonds. The first-order chi connectivity index (χ1) is 11.1. The lowest BCUT2D eigenvalue weighted by Gasteiger charge is -2.11. The van der Waals surface area contributed by atoms with E-state index < -0.39 is 0 Å². The first-order valence-corrected chi connectivity index (χ1v) is 7.31. The van der Waals surface area contributed by atoms with E-state index in [2.05, 4.69) is 10.3 Å². The van der Waals surface area contributed by atoms with Gasteiger partial charge in [0.05, 0.1) is 30.4 Å². The molecule has 0 unspecified atom stereocenters. The monoisotopic (exact) mass is 330 g/mol. The van der Waals surface area contributed by atoms with Crippen LogP contribution in [0.5, 0.6) is 11.5 Å². The smallest absolute Gasteiger partial charge is 0.272 e. The van der Waals surface area contributed by atoms with Crippen molar-refractivity contribution in [1.82, 2.24) is 4.98 Å². The number of methoxy groups -OCH3 is 2. The number of amides is 1. The Hall–Kier alpha value is -2.66. The number of aromatic amines is 1. The average Bonchev–Trinajstić information content (AvgIpc) is 3.01. The molecular formula is C17H15ClN2O3. The largest absolute Gasteiger partial charge is 0.497 e. The number of para-hydroxylation sites is 1. The second kappa shape index (κ2) is 6.22. The molecule has 118 valence electrons. The molecule has 3 aromatic rings. The van der Waals surface area contributed by atoms with Gasteiger partial charge < -0.3 is 19.8 Å². The van der Waals surface area contributed by atoms with Gasteiger partial charge in [-0.2, -0.15) is 0 Å². The number of rotatable bonds is 4. The van der Waals surface area contributed by atoms with Gasteiger partial charge in [0.15, 0.2) is 0 Å². The van der Waals surface area contributed by atoms with Gasteiger partial charge in [0.1, 0.15) is 17.2 Å². The maximum atomic E-state index is 12.4. The maximum absolute atomic E-state index is 12.4. The van der Waals surface area contributed by atoms with E-state index in [0.717, 1.165) is 10.9 Å². The van der Waals surface area contributed by atoms with Gasteiger partial charge in [0.2, 0.25) is 0 Å². The fourth-order valence-electron chi connectivity index (χ4n) is 2.33. The van der Waals surface area contributed by atoms with Crippen LogP contribution in [-0.4, -0.2) is 25.1 Å². The summed E-state index contributed by atoms with van der Waals surface area (Å²) in [6, 6.07) is 12.4. The van der Waals surface area contributed by atoms with Crippen LogP contribution in [-0.2, 0) is 0 Å². The van der Waals surface area contributed by atoms with Crippen molar-refractivity contribution in [3.63, 3.8) is 0 Å². The third-order valence-electron chi connectivity index (χ3n) is 3.51. The van der Waals surface area contributed by atoms with Gasteiger partial charge in [0.25, 0.3) is 5.91 Å². The summed E-state index contributed by atoms with van der Waals surface area (Å²) in [5.74, 6) is 0.893. The van der Waals surface area contributed by atoms with Crippen LogP contribution < -0.4 is 14.8 Å². The van der Waals surface area contributed by atoms with Gasteiger partial charge in [-0.1, -0.05) is 23.7 Å². The third kappa shape index (κ3) is 2.96. The number of H-pyrrole nitrogens is 1. The number of hydrogen-bond acceptors (Lipinski definition) is 3. The van der Waals surface area contributed by atoms with Gasteiger partial charge in [-0.25, -0.2) is 0 Å². The minimum Gasteiger partial charge on any atom is -0.497 e. The molecular weight excluding hydrogens is 316 g/mol. The zero-order valence-corrected chi connectivity index (χ0v) is 13.4. The third-order valence-corrected chi connectivity index (χ3v) is 3.82. The second-order valence-electron chi connectivity index (χ2n) is 4.91. The number of hydrogen-bond donors (Lipinski definition) is 2. The Balaban J connectivity index is 1.90. The predicted octanol–water partition coefficient (Wildman–Crippen LogP) is 4.09. The van der Waals surface area contributed by atoms with Gasteiger partial charge in [-0.3, -0.25) is 4.79 Å². The Bertz CT molecular complexity index is 873. The number of anilines is 1. The molecule has 1 aromatic heterocycles. The molecule has 0 aliphatic rings. The Labute approximate surface area is 138 Å². The normalized spacial score (nSPS) is 10.6. The van der Waals surface area contributed by atoms with E-state index in [0.29, 0.717) is 27.9 Å². The van der Waals surface area contributed by atoms with Crippen LogP contribution in [0.3, 0.4) is 0 Å². The number of halogens is 1. The van der Waals surface area contributed by atoms with E-state index in [4.69, 9.17) is 21.1 Å². The summed E-state index contributed by atoms with van der Waals surface area (Å²) in [5, 5.41) is 4.27. The molecule has 0 saturated carbocycles. The van der Waals surface area contributed by atoms with Crippen LogP contribution in [0, 0.1) is 0 Å². The van der Waals surface area contributed by atoms with Crippen LogP contribution in [0.15, 0.2) is 42.5 Å². The number of benzene rings is 2. The lowest BCUT2D eigenvalue weighted by Crippen LogP contribution is -2.13. The summed E-state index contributed by atoms with van der Waals surface area (Å²) in [6.45, 7) is 0. The zero-order valence-electron chi connectivity index (χ0n) is 12.6. The molecule has 5 nitrogen and oxygen atoms in total. The molecule has 0 bridgehead atoms. The molecule has 2 N–H and O–H groups in total. The predicted molar refractivity (Wildman–Crippen MR) is 90.8 cm³/mol. The minimum atomic E-state index is -0.277. The van der Waals surface area contributed by atoms with E-state index in [1.165, 1.54) is 7.11 Å². The minimum absolute atomic E-state index is 0.277. The Morgan fingerprint density at radius 1 is 1.13 bits per heavy atom. The highest BCUT2D eigenvalue weighted by atomic mass is 35.5. The van der Waals surface area contributed by atoms with Crippen molar-refractivity contribution in [3.05, 3.63) is 53.2 Å². The molecule has 6 heteroatoms. The highest BCUT2D eigenvalue weighted by molar-refractivity contribution is 6.35. The Morgan fingerprint density at radius 3 is 2.65 bits per heavy atom. The molecule has 0 fully saturated rings. The average molecular weight is 331 g/mol. The summed E-state index contributed by atoms with van der Waals surface area (Å²) in [4.78, 5) is 15.5. The maximum Gasteiger partial charge on any atom is 0.272 e. The standard InChI is InChI=1S/C17H15ClN2O3/c1-22-11-6-7-13(15(9-11)23-2)20-17(21)14-8-10-4-3-5-12(18)16(10)19-14/h3-9,19H,1-2H3,(H,20,21). The zero-order chi connectivity index (χ0) is 16.4. The summed E-state index contributed by atoms with van der Waals surface area (Å²) in [5.41, 5.74) is 1.72. The quantitative estimate of drug-likeness (QED) is 0.757. The van der Waals surface area contributed by atoms with Crippen molar-refractivity contribution in [2.45, 2.75) is 0 Å². The summed E-state index contributed by atoms with van der Waals surface area (Å²) < 4.78 is 10.4. The van der Waals surface area contributed by atoms with Crippen molar-refractivity contribution in [2.75, 3.05) is 19.5 Å². The van der Waals surface area contributed by atoms with Crippen molar-refractivity contribution >= 4 is 34.1 Å². The fourth-order valence-corrected chi connectivity index (χ4v) is 2.56. The molecule has 0 spiro atoms. The van der Waals surface area contributed by atoms with Gasteiger partial charge in [0, 0.05) is 11.5 Å². The van der Waals surface area contributed by atoms with Gasteiger partial charge in [-0.15, -0.1) is 0 Å². The Morgan fingerprint density at radius 2 is 1.96 bits per heavy atom. The van der Waals surface area contributed by atoms with E-state index in [9.17, 15) is 4.79 Å². The number of nitrogens with one attached hydrogen (secondary N) is 2. The SMILES string of the molecule is COc1ccc(NC(=O)c2cc3cccc(Cl)c3[nH]2)c(OC)c1. The number of fused-ring (bicyclic) bond motifs is 1. The number of ether oxygens (including phenoxy) is 2. The summed E-state index contributed by atoms with van der Waals surface area (Å²) in [7, 11) is 3.11. The summed E-state index contributed by atoms with van der Waals surface area (Å²) in [6.07, 6.45) is 0. The number of aromatic nitrogens is 1. The van der Waals surface area contributed by atoms with Gasteiger partial charge in [-0.05, 0) is 24.3 Å². The number of carbonyl (C=O) groups excluding carboxylic acids is 1. The van der Waals surface area contributed by atoms with E-state index in [1.807, 2.05) is 12.1 Å². The molecule has 0 saturated heterocycles. The molecule has 23 heavy (non-hydrogen) atoms. The van der Waals surface area contributed by atoms with Crippen molar-refractivity contribution in [1.29, 1.82) is 0 Å². The first kappa shape index (κ1) is 15.2. The lowest BCUT2D eigenvalue weighted by atomic mass is 10.2. The highest BCUT2D eigenvalue weighted by Crippen LogP contribution is 2.30. The van der Waals surface area contributed by atoms with E-state index in [-0.39, 0.29) is 5.91 Å². The Kier molecular flexibility index (Phi) is 4.12. The van der Waals surface area contributed by atoms with Crippen LogP contribution in [0.4, 0.5) is 5.69 Å². The molecule has 0 aliphatic heterocycles. The molecule has 1 heterocycles. The van der Waals surface area contributed by atoms with Crippen molar-refractivity contribution < 1.29 is 14.3 Å². The van der Waals surface area contributed by atoms with E-state index in [1.54, 1.807) is 37.4 Å². The van der Waals surface area contributed by atoms with Crippen LogP contribution in [0.1, 0.15) is 10.5 Å². The molecule has 0 radical (unpaired) electrons. The van der Waals surface area contributed by atoms with Crippen molar-refractivity contribution in [2.24, 2.45) is 0 Å². The van der Waals surface area contributed by atoms with Crippen LogP contribution in [0.25, 0.3) is 10.9 Å². The second-order valence-corrected chi connectivity index (χ2v) is 5.31. The van der Waals surface area contributed by atoms with Gasteiger partial charge >= 0.3 is 0 Å². The highest BCUT2D eigenvalue weighted by Gasteiger charge is 2.14. The van der Waals surface area contributed by atoms with E-state index >= 15 is 0 Å². The van der Waals surface area contributed by atoms with Crippen LogP contribution >= 0.6 is 11.6 Å². The number of carbonyl (C=O) groups is 1. The molecule has 3 rings (SSSR count). The fraction of sp³-hybridized carbons (Fsp3) is 0.118. The topological polar surface area (TPSA) is 63.3 Å². The summed E-state index contributed by atoms with van der Waals surface area (Å²) >= 11 is 6.12.